The van der Waals surface area contributed by atoms with Gasteiger partial charge < -0.3 is 20.1 Å². The van der Waals surface area contributed by atoms with Crippen LogP contribution in [0.25, 0.3) is 5.65 Å². The molecule has 2 unspecified atom stereocenters. The standard InChI is InChI=1S/C28H34F2N4O4/c1-16-13-22(38-15-18-19(29)9-8-10-20(18)30)25-31-17(2)23(34(25)14-16)26(35)32-21-11-6-7-12-33(27(36)37)24(21)28(3,4)5/h8-10,13-14,21,24H,6-7,11-12,15H2,1-5H3,(H,32,35)(H,36,37). The molecule has 1 aromatic carbocycles. The second kappa shape index (κ2) is 10.6. The van der Waals surface area contributed by atoms with E-state index in [1.54, 1.807) is 23.6 Å². The topological polar surface area (TPSA) is 96.2 Å². The number of nitrogens with one attached hydrogen (secondary N) is 1. The summed E-state index contributed by atoms with van der Waals surface area (Å²) >= 11 is 0. The molecule has 0 aliphatic carbocycles. The Balaban J connectivity index is 1.67. The molecule has 204 valence electrons. The van der Waals surface area contributed by atoms with Crippen LogP contribution in [0.5, 0.6) is 5.75 Å². The number of halogens is 2. The van der Waals surface area contributed by atoms with Gasteiger partial charge in [-0.3, -0.25) is 9.20 Å². The van der Waals surface area contributed by atoms with Gasteiger partial charge in [-0.1, -0.05) is 26.8 Å². The van der Waals surface area contributed by atoms with Crippen LogP contribution in [0.1, 0.15) is 67.3 Å². The van der Waals surface area contributed by atoms with Crippen LogP contribution >= 0.6 is 0 Å². The number of fused-ring (bicyclic) bond motifs is 1. The van der Waals surface area contributed by atoms with Crippen LogP contribution in [-0.2, 0) is 6.61 Å². The fourth-order valence-corrected chi connectivity index (χ4v) is 5.39. The molecule has 0 spiro atoms. The lowest BCUT2D eigenvalue weighted by molar-refractivity contribution is 0.0616. The van der Waals surface area contributed by atoms with Crippen LogP contribution in [0, 0.1) is 30.9 Å². The third kappa shape index (κ3) is 5.44. The molecule has 2 amide bonds. The Morgan fingerprint density at radius 2 is 1.87 bits per heavy atom. The number of hydrogen-bond donors (Lipinski definition) is 2. The summed E-state index contributed by atoms with van der Waals surface area (Å²) < 4.78 is 35.7. The number of imidazole rings is 1. The molecule has 8 nitrogen and oxygen atoms in total. The maximum atomic E-state index is 14.1. The Kier molecular flexibility index (Phi) is 7.62. The van der Waals surface area contributed by atoms with E-state index in [1.807, 2.05) is 27.7 Å². The number of benzene rings is 1. The number of aromatic nitrogens is 2. The first-order chi connectivity index (χ1) is 17.9. The van der Waals surface area contributed by atoms with E-state index in [4.69, 9.17) is 4.74 Å². The fraction of sp³-hybridized carbons (Fsp3) is 0.464. The van der Waals surface area contributed by atoms with Gasteiger partial charge in [0.15, 0.2) is 11.4 Å². The zero-order valence-electron chi connectivity index (χ0n) is 22.3. The van der Waals surface area contributed by atoms with Crippen LogP contribution in [0.4, 0.5) is 13.6 Å². The van der Waals surface area contributed by atoms with Gasteiger partial charge in [-0.25, -0.2) is 18.6 Å². The van der Waals surface area contributed by atoms with Gasteiger partial charge in [0.2, 0.25) is 0 Å². The third-order valence-corrected chi connectivity index (χ3v) is 6.98. The average molecular weight is 529 g/mol. The molecular formula is C28H34F2N4O4. The molecule has 2 atom stereocenters. The zero-order valence-corrected chi connectivity index (χ0v) is 22.3. The first kappa shape index (κ1) is 27.3. The fourth-order valence-electron chi connectivity index (χ4n) is 5.39. The van der Waals surface area contributed by atoms with Crippen LogP contribution in [0.15, 0.2) is 30.5 Å². The summed E-state index contributed by atoms with van der Waals surface area (Å²) in [5, 5.41) is 13.0. The van der Waals surface area contributed by atoms with Crippen LogP contribution in [-0.4, -0.2) is 50.0 Å². The molecule has 1 saturated heterocycles. The maximum absolute atomic E-state index is 14.1. The SMILES string of the molecule is Cc1cc(OCc2c(F)cccc2F)c2nc(C)c(C(=O)NC3CCCCN(C(=O)O)C3C(C)(C)C)n2c1. The summed E-state index contributed by atoms with van der Waals surface area (Å²) in [6.07, 6.45) is 2.91. The molecular weight excluding hydrogens is 494 g/mol. The highest BCUT2D eigenvalue weighted by Gasteiger charge is 2.41. The number of aryl methyl sites for hydroxylation is 2. The number of carbonyl (C=O) groups is 2. The van der Waals surface area contributed by atoms with Crippen molar-refractivity contribution < 1.29 is 28.2 Å². The van der Waals surface area contributed by atoms with E-state index < -0.39 is 35.2 Å². The van der Waals surface area contributed by atoms with Crippen molar-refractivity contribution in [3.63, 3.8) is 0 Å². The number of amides is 2. The minimum atomic E-state index is -0.999. The molecule has 1 aliphatic rings. The van der Waals surface area contributed by atoms with Crippen molar-refractivity contribution in [2.24, 2.45) is 5.41 Å². The van der Waals surface area contributed by atoms with E-state index in [9.17, 15) is 23.5 Å². The Morgan fingerprint density at radius 3 is 2.50 bits per heavy atom. The van der Waals surface area contributed by atoms with Crippen molar-refractivity contribution in [1.82, 2.24) is 19.6 Å². The number of carbonyl (C=O) groups excluding carboxylic acids is 1. The number of rotatable bonds is 5. The largest absolute Gasteiger partial charge is 0.485 e. The second-order valence-electron chi connectivity index (χ2n) is 11.0. The quantitative estimate of drug-likeness (QED) is 0.457. The Hall–Kier alpha value is -3.69. The molecule has 3 aromatic rings. The normalized spacial score (nSPS) is 18.3. The number of carboxylic acid groups (broad SMARTS) is 1. The molecule has 0 saturated carbocycles. The highest BCUT2D eigenvalue weighted by atomic mass is 19.1. The number of nitrogens with zero attached hydrogens (tertiary/aromatic N) is 3. The van der Waals surface area contributed by atoms with E-state index in [1.165, 1.54) is 23.1 Å². The number of pyridine rings is 1. The lowest BCUT2D eigenvalue weighted by Gasteiger charge is -2.42. The Morgan fingerprint density at radius 1 is 1.18 bits per heavy atom. The monoisotopic (exact) mass is 528 g/mol. The summed E-state index contributed by atoms with van der Waals surface area (Å²) in [6, 6.07) is 4.51. The summed E-state index contributed by atoms with van der Waals surface area (Å²) in [6.45, 7) is 9.52. The predicted octanol–water partition coefficient (Wildman–Crippen LogP) is 5.49. The van der Waals surface area contributed by atoms with Crippen molar-refractivity contribution in [2.75, 3.05) is 6.54 Å². The summed E-state index contributed by atoms with van der Waals surface area (Å²) in [5.74, 6) is -1.51. The lowest BCUT2D eigenvalue weighted by Crippen LogP contribution is -2.58. The van der Waals surface area contributed by atoms with E-state index in [-0.39, 0.29) is 23.8 Å². The Labute approximate surface area is 220 Å². The van der Waals surface area contributed by atoms with Gasteiger partial charge in [0.1, 0.15) is 23.9 Å². The van der Waals surface area contributed by atoms with Crippen molar-refractivity contribution in [3.05, 3.63) is 64.6 Å². The van der Waals surface area contributed by atoms with E-state index >= 15 is 0 Å². The van der Waals surface area contributed by atoms with Crippen molar-refractivity contribution >= 4 is 17.6 Å². The molecule has 3 heterocycles. The number of hydrogen-bond acceptors (Lipinski definition) is 4. The minimum Gasteiger partial charge on any atom is -0.485 e. The van der Waals surface area contributed by atoms with Gasteiger partial charge >= 0.3 is 6.09 Å². The molecule has 0 bridgehead atoms. The average Bonchev–Trinajstić information content (AvgIpc) is 2.99. The second-order valence-corrected chi connectivity index (χ2v) is 11.0. The molecule has 2 aromatic heterocycles. The molecule has 2 N–H and O–H groups in total. The van der Waals surface area contributed by atoms with Gasteiger partial charge in [-0.15, -0.1) is 0 Å². The molecule has 10 heteroatoms. The molecule has 38 heavy (non-hydrogen) atoms. The van der Waals surface area contributed by atoms with Crippen molar-refractivity contribution in [3.8, 4) is 5.75 Å². The lowest BCUT2D eigenvalue weighted by atomic mass is 9.80. The first-order valence-corrected chi connectivity index (χ1v) is 12.7. The number of likely N-dealkylation sites (tertiary alicyclic amines) is 1. The van der Waals surface area contributed by atoms with E-state index in [0.29, 0.717) is 30.0 Å². The first-order valence-electron chi connectivity index (χ1n) is 12.7. The molecule has 1 aliphatic heterocycles. The predicted molar refractivity (Wildman–Crippen MR) is 138 cm³/mol. The summed E-state index contributed by atoms with van der Waals surface area (Å²) in [4.78, 5) is 31.7. The van der Waals surface area contributed by atoms with Crippen molar-refractivity contribution in [2.45, 2.75) is 72.6 Å². The van der Waals surface area contributed by atoms with Crippen LogP contribution in [0.2, 0.25) is 0 Å². The van der Waals surface area contributed by atoms with E-state index in [2.05, 4.69) is 10.3 Å². The van der Waals surface area contributed by atoms with Gasteiger partial charge in [0, 0.05) is 12.7 Å². The molecule has 1 fully saturated rings. The summed E-state index contributed by atoms with van der Waals surface area (Å²) in [5.41, 5.74) is 1.24. The number of ether oxygens (including phenoxy) is 1. The van der Waals surface area contributed by atoms with Gasteiger partial charge in [-0.05, 0) is 62.3 Å². The minimum absolute atomic E-state index is 0.196. The zero-order chi connectivity index (χ0) is 27.8. The van der Waals surface area contributed by atoms with E-state index in [0.717, 1.165) is 18.4 Å². The van der Waals surface area contributed by atoms with Gasteiger partial charge in [-0.2, -0.15) is 0 Å². The third-order valence-electron chi connectivity index (χ3n) is 6.98. The molecule has 4 rings (SSSR count). The highest BCUT2D eigenvalue weighted by molar-refractivity contribution is 5.95. The highest BCUT2D eigenvalue weighted by Crippen LogP contribution is 2.32. The Bertz CT molecular complexity index is 1340. The molecule has 0 radical (unpaired) electrons. The maximum Gasteiger partial charge on any atom is 0.407 e. The van der Waals surface area contributed by atoms with Crippen molar-refractivity contribution in [1.29, 1.82) is 0 Å². The van der Waals surface area contributed by atoms with Gasteiger partial charge in [0.25, 0.3) is 5.91 Å². The summed E-state index contributed by atoms with van der Waals surface area (Å²) in [7, 11) is 0. The van der Waals surface area contributed by atoms with Gasteiger partial charge in [0.05, 0.1) is 23.3 Å². The van der Waals surface area contributed by atoms with Crippen LogP contribution in [0.3, 0.4) is 0 Å². The smallest absolute Gasteiger partial charge is 0.407 e. The van der Waals surface area contributed by atoms with Crippen LogP contribution < -0.4 is 10.1 Å².